The molecule has 2 aliphatic heterocycles. The lowest BCUT2D eigenvalue weighted by atomic mass is 9.70. The zero-order chi connectivity index (χ0) is 27.8. The molecule has 0 aromatic rings. The van der Waals surface area contributed by atoms with Crippen molar-refractivity contribution in [2.45, 2.75) is 115 Å². The lowest BCUT2D eigenvalue weighted by Crippen LogP contribution is -2.47. The number of aliphatic hydroxyl groups is 1. The molecule has 0 radical (unpaired) electrons. The molecule has 0 amide bonds. The average molecular weight is 544 g/mol. The van der Waals surface area contributed by atoms with Crippen molar-refractivity contribution in [2.75, 3.05) is 14.1 Å². The SMILES string of the molecule is CCC1CCCC(OC2CCC(N(C)C)C(C)O2)C(C)C(=O)C2=CC3C(C=CC4CC(O)CC43)C2CC(=O)O1. The second kappa shape index (κ2) is 12.1. The topological polar surface area (TPSA) is 85.3 Å². The third kappa shape index (κ3) is 6.07. The van der Waals surface area contributed by atoms with Gasteiger partial charge in [-0.1, -0.05) is 32.1 Å². The van der Waals surface area contributed by atoms with E-state index in [9.17, 15) is 14.7 Å². The number of cyclic esters (lactones) is 1. The molecule has 0 aromatic heterocycles. The van der Waals surface area contributed by atoms with E-state index in [2.05, 4.69) is 51.1 Å². The molecule has 1 saturated carbocycles. The lowest BCUT2D eigenvalue weighted by Gasteiger charge is -2.40. The first-order valence-electron chi connectivity index (χ1n) is 15.4. The summed E-state index contributed by atoms with van der Waals surface area (Å²) in [4.78, 5) is 29.5. The summed E-state index contributed by atoms with van der Waals surface area (Å²) in [7, 11) is 4.17. The number of esters is 1. The van der Waals surface area contributed by atoms with Gasteiger partial charge in [-0.25, -0.2) is 0 Å². The van der Waals surface area contributed by atoms with Crippen LogP contribution < -0.4 is 0 Å². The van der Waals surface area contributed by atoms with Gasteiger partial charge in [-0.3, -0.25) is 9.59 Å². The van der Waals surface area contributed by atoms with Gasteiger partial charge < -0.3 is 24.2 Å². The van der Waals surface area contributed by atoms with Crippen LogP contribution in [0.2, 0.25) is 0 Å². The molecular formula is C32H49NO6. The fraction of sp³-hybridized carbons (Fsp3) is 0.812. The van der Waals surface area contributed by atoms with Crippen LogP contribution in [0.1, 0.15) is 78.6 Å². The maximum absolute atomic E-state index is 14.2. The summed E-state index contributed by atoms with van der Waals surface area (Å²) >= 11 is 0. The molecule has 5 aliphatic rings. The predicted molar refractivity (Wildman–Crippen MR) is 149 cm³/mol. The maximum Gasteiger partial charge on any atom is 0.306 e. The molecule has 12 atom stereocenters. The van der Waals surface area contributed by atoms with Crippen LogP contribution in [0.15, 0.2) is 23.8 Å². The molecule has 218 valence electrons. The van der Waals surface area contributed by atoms with Gasteiger partial charge in [0, 0.05) is 17.9 Å². The molecule has 3 fully saturated rings. The first-order chi connectivity index (χ1) is 18.7. The van der Waals surface area contributed by atoms with E-state index >= 15 is 0 Å². The zero-order valence-electron chi connectivity index (χ0n) is 24.5. The van der Waals surface area contributed by atoms with Crippen molar-refractivity contribution in [2.24, 2.45) is 35.5 Å². The van der Waals surface area contributed by atoms with Gasteiger partial charge in [-0.2, -0.15) is 0 Å². The number of aliphatic hydroxyl groups excluding tert-OH is 1. The maximum atomic E-state index is 14.2. The number of allylic oxidation sites excluding steroid dienone is 4. The number of nitrogens with zero attached hydrogens (tertiary/aromatic N) is 1. The lowest BCUT2D eigenvalue weighted by molar-refractivity contribution is -0.231. The van der Waals surface area contributed by atoms with Gasteiger partial charge >= 0.3 is 5.97 Å². The summed E-state index contributed by atoms with van der Waals surface area (Å²) in [6, 6.07) is 0.360. The Morgan fingerprint density at radius 3 is 2.56 bits per heavy atom. The number of ketones is 1. The molecule has 5 rings (SSSR count). The number of hydrogen-bond donors (Lipinski definition) is 1. The second-order valence-corrected chi connectivity index (χ2v) is 13.1. The summed E-state index contributed by atoms with van der Waals surface area (Å²) in [6.07, 6.45) is 12.4. The van der Waals surface area contributed by atoms with Crippen molar-refractivity contribution < 1.29 is 28.9 Å². The van der Waals surface area contributed by atoms with Crippen LogP contribution in [-0.4, -0.2) is 72.6 Å². The van der Waals surface area contributed by atoms with Gasteiger partial charge in [0.15, 0.2) is 12.1 Å². The normalized spacial score (nSPS) is 45.1. The molecular weight excluding hydrogens is 494 g/mol. The quantitative estimate of drug-likeness (QED) is 0.407. The number of hydrogen-bond acceptors (Lipinski definition) is 7. The highest BCUT2D eigenvalue weighted by atomic mass is 16.7. The predicted octanol–water partition coefficient (Wildman–Crippen LogP) is 4.67. The number of likely N-dealkylation sites (N-methyl/N-ethyl adjacent to an activating group) is 1. The molecule has 7 heteroatoms. The van der Waals surface area contributed by atoms with Gasteiger partial charge in [-0.05, 0) is 102 Å². The summed E-state index contributed by atoms with van der Waals surface area (Å²) in [5.41, 5.74) is 0.772. The Hall–Kier alpha value is -1.54. The minimum Gasteiger partial charge on any atom is -0.462 e. The minimum absolute atomic E-state index is 0.0615. The Labute approximate surface area is 234 Å². The van der Waals surface area contributed by atoms with E-state index in [1.807, 2.05) is 6.92 Å². The third-order valence-electron chi connectivity index (χ3n) is 10.4. The van der Waals surface area contributed by atoms with E-state index < -0.39 is 0 Å². The van der Waals surface area contributed by atoms with Crippen LogP contribution in [0.25, 0.3) is 0 Å². The van der Waals surface area contributed by atoms with Gasteiger partial charge in [0.1, 0.15) is 6.10 Å². The standard InChI is InChI=1S/C32H49NO6/c1-6-22-8-7-9-29(39-31-13-12-28(33(4)5)19(3)37-31)18(2)32(36)27-16-25-23(26(27)17-30(35)38-22)11-10-20-14-21(34)15-24(20)25/h10-11,16,18-26,28-29,31,34H,6-9,12-15,17H2,1-5H3. The minimum atomic E-state index is -0.325. The van der Waals surface area contributed by atoms with Crippen molar-refractivity contribution in [1.29, 1.82) is 0 Å². The number of rotatable bonds is 4. The van der Waals surface area contributed by atoms with Crippen LogP contribution in [0.4, 0.5) is 0 Å². The molecule has 3 aliphatic carbocycles. The van der Waals surface area contributed by atoms with Gasteiger partial charge in [0.25, 0.3) is 0 Å². The molecule has 39 heavy (non-hydrogen) atoms. The van der Waals surface area contributed by atoms with Crippen molar-refractivity contribution in [3.8, 4) is 0 Å². The summed E-state index contributed by atoms with van der Waals surface area (Å²) in [6.45, 7) is 6.17. The van der Waals surface area contributed by atoms with Crippen LogP contribution in [-0.2, 0) is 23.8 Å². The second-order valence-electron chi connectivity index (χ2n) is 13.1. The van der Waals surface area contributed by atoms with Crippen molar-refractivity contribution >= 4 is 11.8 Å². The first-order valence-corrected chi connectivity index (χ1v) is 15.4. The Morgan fingerprint density at radius 2 is 1.85 bits per heavy atom. The molecule has 0 bridgehead atoms. The summed E-state index contributed by atoms with van der Waals surface area (Å²) < 4.78 is 18.9. The molecule has 2 saturated heterocycles. The monoisotopic (exact) mass is 543 g/mol. The fourth-order valence-electron chi connectivity index (χ4n) is 8.20. The smallest absolute Gasteiger partial charge is 0.306 e. The highest BCUT2D eigenvalue weighted by Crippen LogP contribution is 2.53. The third-order valence-corrected chi connectivity index (χ3v) is 10.4. The number of Topliss-reactive ketones (excluding diaryl/α,β-unsaturated/α-hetero) is 1. The molecule has 0 aromatic carbocycles. The largest absolute Gasteiger partial charge is 0.462 e. The van der Waals surface area contributed by atoms with E-state index in [0.29, 0.717) is 17.9 Å². The highest BCUT2D eigenvalue weighted by Gasteiger charge is 2.50. The van der Waals surface area contributed by atoms with E-state index in [4.69, 9.17) is 14.2 Å². The van der Waals surface area contributed by atoms with Crippen LogP contribution in [0.3, 0.4) is 0 Å². The number of fused-ring (bicyclic) bond motifs is 5. The van der Waals surface area contributed by atoms with Gasteiger partial charge in [0.05, 0.1) is 24.7 Å². The van der Waals surface area contributed by atoms with Crippen molar-refractivity contribution in [3.05, 3.63) is 23.8 Å². The van der Waals surface area contributed by atoms with E-state index in [1.165, 1.54) is 0 Å². The van der Waals surface area contributed by atoms with Crippen LogP contribution in [0, 0.1) is 35.5 Å². The number of ether oxygens (including phenoxy) is 3. The number of carbonyl (C=O) groups is 2. The highest BCUT2D eigenvalue weighted by molar-refractivity contribution is 5.99. The van der Waals surface area contributed by atoms with Crippen molar-refractivity contribution in [3.63, 3.8) is 0 Å². The molecule has 2 heterocycles. The number of carbonyl (C=O) groups excluding carboxylic acids is 2. The molecule has 0 spiro atoms. The van der Waals surface area contributed by atoms with E-state index in [-0.39, 0.29) is 72.6 Å². The Balaban J connectivity index is 1.39. The van der Waals surface area contributed by atoms with Crippen LogP contribution >= 0.6 is 0 Å². The summed E-state index contributed by atoms with van der Waals surface area (Å²) in [5.74, 6) is 0.331. The van der Waals surface area contributed by atoms with Gasteiger partial charge in [-0.15, -0.1) is 0 Å². The van der Waals surface area contributed by atoms with E-state index in [0.717, 1.165) is 56.9 Å². The summed E-state index contributed by atoms with van der Waals surface area (Å²) in [5, 5.41) is 10.4. The Bertz CT molecular complexity index is 960. The Morgan fingerprint density at radius 1 is 1.05 bits per heavy atom. The molecule has 12 unspecified atom stereocenters. The first kappa shape index (κ1) is 29.0. The van der Waals surface area contributed by atoms with Crippen molar-refractivity contribution in [1.82, 2.24) is 4.90 Å². The fourth-order valence-corrected chi connectivity index (χ4v) is 8.20. The molecule has 7 nitrogen and oxygen atoms in total. The Kier molecular flexibility index (Phi) is 9.02. The van der Waals surface area contributed by atoms with E-state index in [1.54, 1.807) is 0 Å². The molecule has 1 N–H and O–H groups in total. The van der Waals surface area contributed by atoms with Gasteiger partial charge in [0.2, 0.25) is 0 Å². The zero-order valence-corrected chi connectivity index (χ0v) is 24.5. The average Bonchev–Trinajstić information content (AvgIpc) is 3.45. The van der Waals surface area contributed by atoms with Crippen LogP contribution in [0.5, 0.6) is 0 Å².